The highest BCUT2D eigenvalue weighted by molar-refractivity contribution is 5.73. The van der Waals surface area contributed by atoms with Crippen LogP contribution in [0.3, 0.4) is 0 Å². The second kappa shape index (κ2) is 11.0. The molecule has 24 heavy (non-hydrogen) atoms. The first-order chi connectivity index (χ1) is 11.8. The van der Waals surface area contributed by atoms with E-state index in [0.29, 0.717) is 19.7 Å². The van der Waals surface area contributed by atoms with E-state index in [2.05, 4.69) is 46.7 Å². The van der Waals surface area contributed by atoms with Crippen LogP contribution >= 0.6 is 0 Å². The SMILES string of the molecule is CCCCOCCCNC(=O)NCCN1CCc2ccccc2C1. The van der Waals surface area contributed by atoms with Crippen molar-refractivity contribution < 1.29 is 9.53 Å². The van der Waals surface area contributed by atoms with Gasteiger partial charge in [-0.15, -0.1) is 0 Å². The summed E-state index contributed by atoms with van der Waals surface area (Å²) in [7, 11) is 0. The van der Waals surface area contributed by atoms with Crippen LogP contribution in [0.2, 0.25) is 0 Å². The number of rotatable bonds is 10. The first-order valence-corrected chi connectivity index (χ1v) is 9.18. The van der Waals surface area contributed by atoms with Crippen LogP contribution < -0.4 is 10.6 Å². The first-order valence-electron chi connectivity index (χ1n) is 9.18. The average molecular weight is 333 g/mol. The Balaban J connectivity index is 1.49. The van der Waals surface area contributed by atoms with Crippen molar-refractivity contribution in [2.45, 2.75) is 39.2 Å². The molecule has 2 amide bonds. The minimum atomic E-state index is -0.0824. The van der Waals surface area contributed by atoms with E-state index in [1.165, 1.54) is 11.1 Å². The minimum Gasteiger partial charge on any atom is -0.381 e. The van der Waals surface area contributed by atoms with E-state index in [1.807, 2.05) is 0 Å². The number of nitrogens with one attached hydrogen (secondary N) is 2. The largest absolute Gasteiger partial charge is 0.381 e. The maximum absolute atomic E-state index is 11.7. The smallest absolute Gasteiger partial charge is 0.314 e. The molecule has 2 N–H and O–H groups in total. The summed E-state index contributed by atoms with van der Waals surface area (Å²) in [6.07, 6.45) is 4.22. The summed E-state index contributed by atoms with van der Waals surface area (Å²) in [6.45, 7) is 7.97. The summed E-state index contributed by atoms with van der Waals surface area (Å²) in [5.41, 5.74) is 2.87. The molecular weight excluding hydrogens is 302 g/mol. The number of hydrogen-bond acceptors (Lipinski definition) is 3. The van der Waals surface area contributed by atoms with Crippen LogP contribution in [0, 0.1) is 0 Å². The molecule has 0 saturated heterocycles. The van der Waals surface area contributed by atoms with E-state index >= 15 is 0 Å². The van der Waals surface area contributed by atoms with Crippen molar-refractivity contribution in [3.63, 3.8) is 0 Å². The van der Waals surface area contributed by atoms with Crippen LogP contribution in [0.25, 0.3) is 0 Å². The third-order valence-electron chi connectivity index (χ3n) is 4.32. The van der Waals surface area contributed by atoms with E-state index in [0.717, 1.165) is 51.9 Å². The first kappa shape index (κ1) is 18.7. The molecule has 1 aliphatic rings. The number of carbonyl (C=O) groups is 1. The zero-order valence-corrected chi connectivity index (χ0v) is 14.9. The summed E-state index contributed by atoms with van der Waals surface area (Å²) in [5.74, 6) is 0. The average Bonchev–Trinajstić information content (AvgIpc) is 2.61. The Kier molecular flexibility index (Phi) is 8.63. The summed E-state index contributed by atoms with van der Waals surface area (Å²) < 4.78 is 5.47. The lowest BCUT2D eigenvalue weighted by molar-refractivity contribution is 0.129. The van der Waals surface area contributed by atoms with Gasteiger partial charge in [0.1, 0.15) is 0 Å². The Hall–Kier alpha value is -1.59. The molecule has 0 radical (unpaired) electrons. The van der Waals surface area contributed by atoms with E-state index in [1.54, 1.807) is 0 Å². The number of unbranched alkanes of at least 4 members (excludes halogenated alkanes) is 1. The molecule has 0 saturated carbocycles. The fraction of sp³-hybridized carbons (Fsp3) is 0.632. The highest BCUT2D eigenvalue weighted by Gasteiger charge is 2.15. The Morgan fingerprint density at radius 1 is 1.12 bits per heavy atom. The highest BCUT2D eigenvalue weighted by Crippen LogP contribution is 2.17. The van der Waals surface area contributed by atoms with Gasteiger partial charge in [-0.1, -0.05) is 37.6 Å². The Bertz CT molecular complexity index is 493. The van der Waals surface area contributed by atoms with Crippen molar-refractivity contribution >= 4 is 6.03 Å². The number of fused-ring (bicyclic) bond motifs is 1. The van der Waals surface area contributed by atoms with Gasteiger partial charge in [0.15, 0.2) is 0 Å². The van der Waals surface area contributed by atoms with Crippen LogP contribution in [-0.4, -0.2) is 50.3 Å². The topological polar surface area (TPSA) is 53.6 Å². The predicted octanol–water partition coefficient (Wildman–Crippen LogP) is 2.55. The molecule has 0 unspecified atom stereocenters. The number of urea groups is 1. The van der Waals surface area contributed by atoms with Crippen molar-refractivity contribution in [2.24, 2.45) is 0 Å². The van der Waals surface area contributed by atoms with Crippen LogP contribution in [0.15, 0.2) is 24.3 Å². The van der Waals surface area contributed by atoms with Gasteiger partial charge in [0.05, 0.1) is 0 Å². The number of nitrogens with zero attached hydrogens (tertiary/aromatic N) is 1. The quantitative estimate of drug-likeness (QED) is 0.647. The van der Waals surface area contributed by atoms with Crippen molar-refractivity contribution in [3.05, 3.63) is 35.4 Å². The van der Waals surface area contributed by atoms with Gasteiger partial charge in [-0.2, -0.15) is 0 Å². The van der Waals surface area contributed by atoms with Gasteiger partial charge in [0, 0.05) is 45.9 Å². The van der Waals surface area contributed by atoms with Gasteiger partial charge in [-0.3, -0.25) is 4.90 Å². The van der Waals surface area contributed by atoms with Crippen molar-refractivity contribution in [1.29, 1.82) is 0 Å². The maximum atomic E-state index is 11.7. The Labute approximate surface area is 145 Å². The van der Waals surface area contributed by atoms with Crippen molar-refractivity contribution in [3.8, 4) is 0 Å². The molecular formula is C19H31N3O2. The molecule has 134 valence electrons. The zero-order valence-electron chi connectivity index (χ0n) is 14.9. The lowest BCUT2D eigenvalue weighted by Crippen LogP contribution is -2.42. The van der Waals surface area contributed by atoms with Crippen molar-refractivity contribution in [1.82, 2.24) is 15.5 Å². The summed E-state index contributed by atoms with van der Waals surface area (Å²) in [6, 6.07) is 8.53. The number of ether oxygens (including phenoxy) is 1. The second-order valence-corrected chi connectivity index (χ2v) is 6.30. The Morgan fingerprint density at radius 2 is 1.88 bits per heavy atom. The number of hydrogen-bond donors (Lipinski definition) is 2. The number of benzene rings is 1. The fourth-order valence-electron chi connectivity index (χ4n) is 2.86. The molecule has 5 nitrogen and oxygen atoms in total. The number of amides is 2. The van der Waals surface area contributed by atoms with Crippen LogP contribution in [0.5, 0.6) is 0 Å². The zero-order chi connectivity index (χ0) is 17.0. The van der Waals surface area contributed by atoms with Gasteiger partial charge >= 0.3 is 6.03 Å². The van der Waals surface area contributed by atoms with Gasteiger partial charge in [0.25, 0.3) is 0 Å². The molecule has 0 aromatic heterocycles. The fourth-order valence-corrected chi connectivity index (χ4v) is 2.86. The van der Waals surface area contributed by atoms with E-state index in [9.17, 15) is 4.79 Å². The second-order valence-electron chi connectivity index (χ2n) is 6.30. The summed E-state index contributed by atoms with van der Waals surface area (Å²) >= 11 is 0. The third-order valence-corrected chi connectivity index (χ3v) is 4.32. The molecule has 0 fully saturated rings. The third kappa shape index (κ3) is 6.89. The highest BCUT2D eigenvalue weighted by atomic mass is 16.5. The van der Waals surface area contributed by atoms with Crippen LogP contribution in [0.1, 0.15) is 37.3 Å². The standard InChI is InChI=1S/C19H31N3O2/c1-2-3-14-24-15-6-10-20-19(23)21-11-13-22-12-9-17-7-4-5-8-18(17)16-22/h4-5,7-8H,2-3,6,9-16H2,1H3,(H2,20,21,23). The lowest BCUT2D eigenvalue weighted by atomic mass is 10.00. The molecule has 0 bridgehead atoms. The maximum Gasteiger partial charge on any atom is 0.314 e. The van der Waals surface area contributed by atoms with Crippen LogP contribution in [0.4, 0.5) is 4.79 Å². The lowest BCUT2D eigenvalue weighted by Gasteiger charge is -2.28. The van der Waals surface area contributed by atoms with Gasteiger partial charge < -0.3 is 15.4 Å². The molecule has 0 atom stereocenters. The predicted molar refractivity (Wildman–Crippen MR) is 97.2 cm³/mol. The minimum absolute atomic E-state index is 0.0824. The molecule has 5 heteroatoms. The molecule has 0 spiro atoms. The molecule has 1 aromatic carbocycles. The van der Waals surface area contributed by atoms with Crippen molar-refractivity contribution in [2.75, 3.05) is 39.4 Å². The summed E-state index contributed by atoms with van der Waals surface area (Å²) in [5, 5.41) is 5.81. The van der Waals surface area contributed by atoms with E-state index in [4.69, 9.17) is 4.74 Å². The van der Waals surface area contributed by atoms with Gasteiger partial charge in [0.2, 0.25) is 0 Å². The van der Waals surface area contributed by atoms with E-state index < -0.39 is 0 Å². The van der Waals surface area contributed by atoms with Gasteiger partial charge in [-0.05, 0) is 30.4 Å². The summed E-state index contributed by atoms with van der Waals surface area (Å²) in [4.78, 5) is 14.1. The molecule has 2 rings (SSSR count). The van der Waals surface area contributed by atoms with E-state index in [-0.39, 0.29) is 6.03 Å². The number of carbonyl (C=O) groups excluding carboxylic acids is 1. The normalized spacial score (nSPS) is 14.2. The monoisotopic (exact) mass is 333 g/mol. The molecule has 1 aliphatic heterocycles. The molecule has 0 aliphatic carbocycles. The Morgan fingerprint density at radius 3 is 2.71 bits per heavy atom. The molecule has 1 aromatic rings. The molecule has 1 heterocycles. The van der Waals surface area contributed by atoms with Crippen LogP contribution in [-0.2, 0) is 17.7 Å². The van der Waals surface area contributed by atoms with Gasteiger partial charge in [-0.25, -0.2) is 4.79 Å².